The number of carbonyl (C=O) groups is 2. The lowest BCUT2D eigenvalue weighted by atomic mass is 9.82. The Balaban J connectivity index is 1.51. The van der Waals surface area contributed by atoms with Crippen molar-refractivity contribution in [1.82, 2.24) is 10.2 Å². The van der Waals surface area contributed by atoms with E-state index < -0.39 is 79.2 Å². The summed E-state index contributed by atoms with van der Waals surface area (Å²) < 4.78 is 30.6. The van der Waals surface area contributed by atoms with E-state index in [1.807, 2.05) is 17.1 Å². The predicted octanol–water partition coefficient (Wildman–Crippen LogP) is 1.20. The smallest absolute Gasteiger partial charge is 0.339 e. The Kier molecular flexibility index (Phi) is 17.9. The van der Waals surface area contributed by atoms with Crippen molar-refractivity contribution in [2.75, 3.05) is 50.2 Å². The maximum Gasteiger partial charge on any atom is 0.339 e. The molecular formula is C40H58N4O14S4. The SMILES string of the molecule is CC(C)O[C@H]1[C@H](O[C@@H]2OC=C3C(=O)O[C@@H]4CCC[C@@H]4CSS[C@@H]4CSSCC=C[C@@H]2[C@@H]3/C=C/C2=C(NC(N)=NCCCO)C(C(=O)O)=CN(C2)[C@@H]4CO)O[C@H](CO)[C@@H](O)C1(O)O. The molecule has 5 aliphatic heterocycles. The van der Waals surface area contributed by atoms with Gasteiger partial charge in [-0.1, -0.05) is 67.5 Å². The summed E-state index contributed by atoms with van der Waals surface area (Å²) in [4.78, 5) is 33.6. The van der Waals surface area contributed by atoms with E-state index in [1.165, 1.54) is 12.5 Å². The summed E-state index contributed by atoms with van der Waals surface area (Å²) in [5.74, 6) is -4.77. The zero-order valence-corrected chi connectivity index (χ0v) is 37.7. The standard InChI is InChI=1S/C40H58N4O14S4/c1-21(2)55-34-38(57-30(17-47)33(48)40(34,52)53)58-37-25-7-4-13-59-60-20-31-28(16-46)44-14-22(32(26(15-44)35(49)50)43-39(41)42-11-5-12-45)9-10-24(25)27(18-54-37)36(51)56-29-8-3-6-23(29)19-61-62-31/h4,7,9-10,15,18,21,23-25,28-31,33-34,37-38,45-48,52-53H,3,5-6,8,11-14,16-17,19-20H2,1-2H3,(H,49,50)(H3,41,42,43)/b7-4?,10-9+/t23-,24+,25-,28-,29-,30-,31-,33-,34+,37+,38+/m1/s1. The molecule has 5 heterocycles. The summed E-state index contributed by atoms with van der Waals surface area (Å²) in [6.45, 7) is 2.43. The zero-order valence-electron chi connectivity index (χ0n) is 34.5. The number of guanidine groups is 1. The lowest BCUT2D eigenvalue weighted by Gasteiger charge is -2.48. The third kappa shape index (κ3) is 11.7. The van der Waals surface area contributed by atoms with Crippen molar-refractivity contribution in [3.8, 4) is 0 Å². The second-order valence-corrected chi connectivity index (χ2v) is 21.1. The number of carboxylic acids is 1. The third-order valence-electron chi connectivity index (χ3n) is 11.3. The first-order valence-corrected chi connectivity index (χ1v) is 25.5. The highest BCUT2D eigenvalue weighted by Crippen LogP contribution is 2.44. The molecule has 346 valence electrons. The Morgan fingerprint density at radius 3 is 2.65 bits per heavy atom. The van der Waals surface area contributed by atoms with Gasteiger partial charge in [-0.05, 0) is 45.1 Å². The van der Waals surface area contributed by atoms with Gasteiger partial charge in [-0.25, -0.2) is 9.59 Å². The van der Waals surface area contributed by atoms with Crippen LogP contribution in [0.4, 0.5) is 0 Å². The molecule has 0 unspecified atom stereocenters. The minimum Gasteiger partial charge on any atom is -0.478 e. The van der Waals surface area contributed by atoms with Crippen LogP contribution in [0.1, 0.15) is 39.5 Å². The van der Waals surface area contributed by atoms with E-state index in [9.17, 15) is 45.3 Å². The highest BCUT2D eigenvalue weighted by Gasteiger charge is 2.57. The molecule has 1 aliphatic carbocycles. The molecular weight excluding hydrogens is 889 g/mol. The van der Waals surface area contributed by atoms with Crippen LogP contribution in [-0.2, 0) is 33.3 Å². The molecule has 10 N–H and O–H groups in total. The molecule has 1 saturated heterocycles. The number of aliphatic carboxylic acids is 1. The summed E-state index contributed by atoms with van der Waals surface area (Å²) in [5, 5.41) is 76.9. The fourth-order valence-electron chi connectivity index (χ4n) is 8.10. The number of fused-ring (bicyclic) bond motifs is 2. The van der Waals surface area contributed by atoms with Gasteiger partial charge < -0.3 is 75.4 Å². The van der Waals surface area contributed by atoms with Crippen molar-refractivity contribution in [2.45, 2.75) is 99.7 Å². The molecule has 0 aromatic heterocycles. The largest absolute Gasteiger partial charge is 0.478 e. The highest BCUT2D eigenvalue weighted by molar-refractivity contribution is 8.78. The van der Waals surface area contributed by atoms with Gasteiger partial charge in [0.2, 0.25) is 12.1 Å². The van der Waals surface area contributed by atoms with Crippen LogP contribution in [0.5, 0.6) is 0 Å². The number of nitrogens with one attached hydrogen (secondary N) is 1. The fourth-order valence-corrected chi connectivity index (χ4v) is 14.1. The normalized spacial score (nSPS) is 35.0. The molecule has 1 saturated carbocycles. The van der Waals surface area contributed by atoms with Crippen molar-refractivity contribution in [3.63, 3.8) is 0 Å². The van der Waals surface area contributed by atoms with E-state index in [0.717, 1.165) is 12.8 Å². The van der Waals surface area contributed by atoms with Gasteiger partial charge in [-0.3, -0.25) is 4.99 Å². The maximum atomic E-state index is 14.4. The lowest BCUT2D eigenvalue weighted by molar-refractivity contribution is -0.413. The van der Waals surface area contributed by atoms with Gasteiger partial charge in [0.05, 0.1) is 54.4 Å². The number of carboxylic acid groups (broad SMARTS) is 1. The first-order chi connectivity index (χ1) is 29.8. The van der Waals surface area contributed by atoms with Crippen molar-refractivity contribution >= 4 is 61.1 Å². The number of hydrogen-bond donors (Lipinski definition) is 9. The number of esters is 1. The van der Waals surface area contributed by atoms with E-state index in [-0.39, 0.29) is 66.4 Å². The molecule has 62 heavy (non-hydrogen) atoms. The van der Waals surface area contributed by atoms with Gasteiger partial charge in [0.1, 0.15) is 18.3 Å². The molecule has 0 amide bonds. The number of nitrogens with zero attached hydrogens (tertiary/aromatic N) is 2. The summed E-state index contributed by atoms with van der Waals surface area (Å²) >= 11 is 0. The van der Waals surface area contributed by atoms with Gasteiger partial charge in [0.25, 0.3) is 0 Å². The number of aliphatic hydroxyl groups excluding tert-OH is 4. The first-order valence-electron chi connectivity index (χ1n) is 20.6. The summed E-state index contributed by atoms with van der Waals surface area (Å²) in [6.07, 6.45) is 3.65. The van der Waals surface area contributed by atoms with Crippen molar-refractivity contribution < 1.29 is 69.0 Å². The Bertz CT molecular complexity index is 1760. The molecule has 22 heteroatoms. The lowest BCUT2D eigenvalue weighted by Crippen LogP contribution is -2.69. The minimum absolute atomic E-state index is 0.0655. The molecule has 0 aromatic carbocycles. The summed E-state index contributed by atoms with van der Waals surface area (Å²) in [5.41, 5.74) is 6.84. The number of hydrogen-bond acceptors (Lipinski definition) is 19. The second kappa shape index (κ2) is 22.6. The predicted molar refractivity (Wildman–Crippen MR) is 236 cm³/mol. The number of nitrogens with two attached hydrogens (primary N) is 1. The van der Waals surface area contributed by atoms with Crippen LogP contribution < -0.4 is 11.1 Å². The average Bonchev–Trinajstić information content (AvgIpc) is 3.67. The molecule has 0 radical (unpaired) electrons. The van der Waals surface area contributed by atoms with E-state index in [4.69, 9.17) is 29.4 Å². The average molecular weight is 947 g/mol. The molecule has 11 atom stereocenters. The number of aliphatic imine (C=N–C) groups is 1. The molecule has 0 aromatic rings. The van der Waals surface area contributed by atoms with Crippen molar-refractivity contribution in [1.29, 1.82) is 0 Å². The van der Waals surface area contributed by atoms with Crippen molar-refractivity contribution in [2.24, 2.45) is 28.5 Å². The van der Waals surface area contributed by atoms with Gasteiger partial charge in [0.15, 0.2) is 18.4 Å². The Labute approximate surface area is 376 Å². The number of rotatable bonds is 11. The van der Waals surface area contributed by atoms with Gasteiger partial charge >= 0.3 is 11.9 Å². The van der Waals surface area contributed by atoms with Crippen LogP contribution >= 0.6 is 43.2 Å². The van der Waals surface area contributed by atoms with Crippen LogP contribution in [0.15, 0.2) is 64.2 Å². The van der Waals surface area contributed by atoms with Crippen LogP contribution in [0.3, 0.4) is 0 Å². The summed E-state index contributed by atoms with van der Waals surface area (Å²) in [7, 11) is 6.45. The monoisotopic (exact) mass is 946 g/mol. The first kappa shape index (κ1) is 49.0. The maximum absolute atomic E-state index is 14.4. The number of ether oxygens (including phenoxy) is 5. The van der Waals surface area contributed by atoms with E-state index in [0.29, 0.717) is 35.7 Å². The molecule has 6 rings (SSSR count). The summed E-state index contributed by atoms with van der Waals surface area (Å²) in [6, 6.07) is -0.506. The zero-order chi connectivity index (χ0) is 44.6. The van der Waals surface area contributed by atoms with Gasteiger partial charge in [0, 0.05) is 60.2 Å². The quantitative estimate of drug-likeness (QED) is 0.0268. The van der Waals surface area contributed by atoms with Crippen LogP contribution in [-0.4, -0.2) is 169 Å². The molecule has 2 fully saturated rings. The molecule has 0 spiro atoms. The van der Waals surface area contributed by atoms with Crippen LogP contribution in [0, 0.1) is 17.8 Å². The Morgan fingerprint density at radius 2 is 1.92 bits per heavy atom. The van der Waals surface area contributed by atoms with Crippen molar-refractivity contribution in [3.05, 3.63) is 59.2 Å². The van der Waals surface area contributed by atoms with E-state index >= 15 is 0 Å². The number of carbonyl (C=O) groups excluding carboxylic acids is 1. The van der Waals surface area contributed by atoms with Crippen LogP contribution in [0.2, 0.25) is 0 Å². The van der Waals surface area contributed by atoms with E-state index in [2.05, 4.69) is 10.3 Å². The Hall–Kier alpha value is -2.45. The Morgan fingerprint density at radius 1 is 1.11 bits per heavy atom. The van der Waals surface area contributed by atoms with Gasteiger partial charge in [-0.15, -0.1) is 0 Å². The fraction of sp³-hybridized carbons (Fsp3) is 0.675. The van der Waals surface area contributed by atoms with E-state index in [1.54, 1.807) is 69.2 Å². The molecule has 6 aliphatic rings. The van der Waals surface area contributed by atoms with Gasteiger partial charge in [-0.2, -0.15) is 0 Å². The number of aliphatic hydroxyl groups is 6. The number of allylic oxidation sites excluding steroid dienone is 1. The molecule has 4 bridgehead atoms. The highest BCUT2D eigenvalue weighted by atomic mass is 33.1. The minimum atomic E-state index is -2.92. The third-order valence-corrected chi connectivity index (χ3v) is 16.8. The topological polar surface area (TPSA) is 276 Å². The second-order valence-electron chi connectivity index (χ2n) is 15.9. The van der Waals surface area contributed by atoms with Crippen LogP contribution in [0.25, 0.3) is 0 Å². The molecule has 18 nitrogen and oxygen atoms in total.